The molecule has 0 heterocycles. The number of carbonyl (C=O) groups excluding carboxylic acids is 1. The van der Waals surface area contributed by atoms with Crippen LogP contribution < -0.4 is 5.32 Å². The first-order chi connectivity index (χ1) is 9.41. The van der Waals surface area contributed by atoms with E-state index in [0.29, 0.717) is 18.4 Å². The van der Waals surface area contributed by atoms with Crippen LogP contribution in [0.25, 0.3) is 0 Å². The molecule has 5 nitrogen and oxygen atoms in total. The molecule has 2 amide bonds. The van der Waals surface area contributed by atoms with E-state index in [-0.39, 0.29) is 25.0 Å². The Bertz CT molecular complexity index is 331. The third-order valence-corrected chi connectivity index (χ3v) is 4.26. The second-order valence-electron chi connectivity index (χ2n) is 6.14. The second kappa shape index (κ2) is 8.12. The van der Waals surface area contributed by atoms with Crippen molar-refractivity contribution < 1.29 is 14.7 Å². The van der Waals surface area contributed by atoms with Gasteiger partial charge in [-0.1, -0.05) is 26.2 Å². The lowest BCUT2D eigenvalue weighted by Gasteiger charge is -2.31. The fourth-order valence-corrected chi connectivity index (χ4v) is 2.83. The van der Waals surface area contributed by atoms with E-state index in [1.807, 2.05) is 13.8 Å². The number of rotatable bonds is 6. The van der Waals surface area contributed by atoms with Crippen LogP contribution in [0.4, 0.5) is 4.79 Å². The molecule has 0 bridgehead atoms. The Morgan fingerprint density at radius 1 is 1.30 bits per heavy atom. The molecule has 1 aliphatic rings. The third-order valence-electron chi connectivity index (χ3n) is 4.26. The molecule has 2 unspecified atom stereocenters. The number of carboxylic acid groups (broad SMARTS) is 1. The lowest BCUT2D eigenvalue weighted by Crippen LogP contribution is -2.46. The van der Waals surface area contributed by atoms with E-state index in [1.165, 1.54) is 25.7 Å². The molecule has 20 heavy (non-hydrogen) atoms. The van der Waals surface area contributed by atoms with Gasteiger partial charge in [0.2, 0.25) is 0 Å². The third kappa shape index (κ3) is 5.39. The van der Waals surface area contributed by atoms with Crippen LogP contribution in [-0.2, 0) is 4.79 Å². The average Bonchev–Trinajstić information content (AvgIpc) is 2.37. The van der Waals surface area contributed by atoms with E-state index in [9.17, 15) is 9.59 Å². The summed E-state index contributed by atoms with van der Waals surface area (Å²) in [5.41, 5.74) is 0. The van der Waals surface area contributed by atoms with Gasteiger partial charge in [-0.25, -0.2) is 4.79 Å². The van der Waals surface area contributed by atoms with Gasteiger partial charge in [0.05, 0.1) is 6.42 Å². The Morgan fingerprint density at radius 3 is 2.50 bits per heavy atom. The fourth-order valence-electron chi connectivity index (χ4n) is 2.83. The van der Waals surface area contributed by atoms with Crippen molar-refractivity contribution in [3.63, 3.8) is 0 Å². The minimum Gasteiger partial charge on any atom is -0.481 e. The van der Waals surface area contributed by atoms with Gasteiger partial charge < -0.3 is 15.3 Å². The van der Waals surface area contributed by atoms with Crippen molar-refractivity contribution in [1.82, 2.24) is 10.2 Å². The van der Waals surface area contributed by atoms with Crippen molar-refractivity contribution in [1.29, 1.82) is 0 Å². The summed E-state index contributed by atoms with van der Waals surface area (Å²) in [6.45, 7) is 7.03. The number of carbonyl (C=O) groups is 2. The normalized spacial score (nSPS) is 22.6. The van der Waals surface area contributed by atoms with Crippen molar-refractivity contribution in [3.8, 4) is 0 Å². The molecule has 1 aliphatic carbocycles. The summed E-state index contributed by atoms with van der Waals surface area (Å²) in [7, 11) is 0. The van der Waals surface area contributed by atoms with E-state index in [1.54, 1.807) is 4.90 Å². The van der Waals surface area contributed by atoms with Crippen LogP contribution in [0.1, 0.15) is 52.9 Å². The van der Waals surface area contributed by atoms with Crippen LogP contribution in [0.5, 0.6) is 0 Å². The highest BCUT2D eigenvalue weighted by atomic mass is 16.4. The molecule has 2 atom stereocenters. The molecule has 1 fully saturated rings. The van der Waals surface area contributed by atoms with Gasteiger partial charge in [-0.15, -0.1) is 0 Å². The van der Waals surface area contributed by atoms with Gasteiger partial charge in [0, 0.05) is 19.1 Å². The first kappa shape index (κ1) is 16.8. The molecule has 0 aromatic carbocycles. The van der Waals surface area contributed by atoms with Gasteiger partial charge >= 0.3 is 12.0 Å². The SMILES string of the molecule is CC1CCCCC1CNC(=O)N(CCC(=O)O)C(C)C. The summed E-state index contributed by atoms with van der Waals surface area (Å²) in [6.07, 6.45) is 4.96. The summed E-state index contributed by atoms with van der Waals surface area (Å²) >= 11 is 0. The molecule has 0 spiro atoms. The van der Waals surface area contributed by atoms with Crippen LogP contribution in [0.3, 0.4) is 0 Å². The van der Waals surface area contributed by atoms with E-state index in [0.717, 1.165) is 0 Å². The molecule has 5 heteroatoms. The van der Waals surface area contributed by atoms with E-state index < -0.39 is 5.97 Å². The van der Waals surface area contributed by atoms with Crippen molar-refractivity contribution in [3.05, 3.63) is 0 Å². The average molecular weight is 284 g/mol. The fraction of sp³-hybridized carbons (Fsp3) is 0.867. The largest absolute Gasteiger partial charge is 0.481 e. The summed E-state index contributed by atoms with van der Waals surface area (Å²) in [4.78, 5) is 24.4. The highest BCUT2D eigenvalue weighted by molar-refractivity contribution is 5.75. The van der Waals surface area contributed by atoms with Crippen LogP contribution in [0.2, 0.25) is 0 Å². The Kier molecular flexibility index (Phi) is 6.82. The minimum atomic E-state index is -0.871. The predicted molar refractivity (Wildman–Crippen MR) is 78.6 cm³/mol. The lowest BCUT2D eigenvalue weighted by molar-refractivity contribution is -0.137. The maximum Gasteiger partial charge on any atom is 0.317 e. The summed E-state index contributed by atoms with van der Waals surface area (Å²) < 4.78 is 0. The monoisotopic (exact) mass is 284 g/mol. The van der Waals surface area contributed by atoms with Crippen LogP contribution in [0, 0.1) is 11.8 Å². The zero-order valence-corrected chi connectivity index (χ0v) is 12.9. The van der Waals surface area contributed by atoms with Gasteiger partial charge in [0.15, 0.2) is 0 Å². The van der Waals surface area contributed by atoms with E-state index in [2.05, 4.69) is 12.2 Å². The van der Waals surface area contributed by atoms with E-state index >= 15 is 0 Å². The maximum atomic E-state index is 12.2. The highest BCUT2D eigenvalue weighted by Crippen LogP contribution is 2.28. The summed E-state index contributed by atoms with van der Waals surface area (Å²) in [5.74, 6) is 0.348. The van der Waals surface area contributed by atoms with Crippen LogP contribution in [-0.4, -0.2) is 41.1 Å². The Hall–Kier alpha value is -1.26. The van der Waals surface area contributed by atoms with Gasteiger partial charge in [0.1, 0.15) is 0 Å². The lowest BCUT2D eigenvalue weighted by atomic mass is 9.80. The van der Waals surface area contributed by atoms with Crippen molar-refractivity contribution >= 4 is 12.0 Å². The van der Waals surface area contributed by atoms with Crippen LogP contribution >= 0.6 is 0 Å². The molecular weight excluding hydrogens is 256 g/mol. The van der Waals surface area contributed by atoms with Gasteiger partial charge in [0.25, 0.3) is 0 Å². The molecule has 0 saturated heterocycles. The number of amides is 2. The van der Waals surface area contributed by atoms with Crippen molar-refractivity contribution in [2.75, 3.05) is 13.1 Å². The Balaban J connectivity index is 2.42. The Morgan fingerprint density at radius 2 is 1.95 bits per heavy atom. The molecule has 116 valence electrons. The van der Waals surface area contributed by atoms with E-state index in [4.69, 9.17) is 5.11 Å². The number of hydrogen-bond acceptors (Lipinski definition) is 2. The number of carboxylic acids is 1. The molecule has 0 aromatic heterocycles. The van der Waals surface area contributed by atoms with Gasteiger partial charge in [-0.05, 0) is 32.1 Å². The maximum absolute atomic E-state index is 12.2. The Labute approximate surface area is 121 Å². The quantitative estimate of drug-likeness (QED) is 0.788. The molecule has 0 aromatic rings. The van der Waals surface area contributed by atoms with Crippen molar-refractivity contribution in [2.24, 2.45) is 11.8 Å². The first-order valence-corrected chi connectivity index (χ1v) is 7.68. The summed E-state index contributed by atoms with van der Waals surface area (Å²) in [6, 6.07) is -0.128. The second-order valence-corrected chi connectivity index (χ2v) is 6.14. The zero-order chi connectivity index (χ0) is 15.1. The topological polar surface area (TPSA) is 69.6 Å². The van der Waals surface area contributed by atoms with Gasteiger partial charge in [-0.2, -0.15) is 0 Å². The number of nitrogens with one attached hydrogen (secondary N) is 1. The number of nitrogens with zero attached hydrogens (tertiary/aromatic N) is 1. The minimum absolute atomic E-state index is 0.00850. The summed E-state index contributed by atoms with van der Waals surface area (Å²) in [5, 5.41) is 11.7. The standard InChI is InChI=1S/C15H28N2O3/c1-11(2)17(9-8-14(18)19)15(20)16-10-13-7-5-4-6-12(13)3/h11-13H,4-10H2,1-3H3,(H,16,20)(H,18,19). The van der Waals surface area contributed by atoms with Crippen molar-refractivity contribution in [2.45, 2.75) is 58.9 Å². The molecule has 1 saturated carbocycles. The van der Waals surface area contributed by atoms with Crippen LogP contribution in [0.15, 0.2) is 0 Å². The number of hydrogen-bond donors (Lipinski definition) is 2. The first-order valence-electron chi connectivity index (χ1n) is 7.68. The highest BCUT2D eigenvalue weighted by Gasteiger charge is 2.23. The number of aliphatic carboxylic acids is 1. The molecule has 0 aliphatic heterocycles. The van der Waals surface area contributed by atoms with Gasteiger partial charge in [-0.3, -0.25) is 4.79 Å². The predicted octanol–water partition coefficient (Wildman–Crippen LogP) is 2.71. The zero-order valence-electron chi connectivity index (χ0n) is 12.9. The molecular formula is C15H28N2O3. The smallest absolute Gasteiger partial charge is 0.317 e. The molecule has 2 N–H and O–H groups in total. The number of urea groups is 1. The molecule has 0 radical (unpaired) electrons. The molecule has 1 rings (SSSR count).